The summed E-state index contributed by atoms with van der Waals surface area (Å²) in [5, 5.41) is 1.11. The molecule has 0 spiro atoms. The zero-order chi connectivity index (χ0) is 12.3. The fourth-order valence-electron chi connectivity index (χ4n) is 2.12. The maximum atomic E-state index is 6.00. The first-order valence-electron chi connectivity index (χ1n) is 5.73. The van der Waals surface area contributed by atoms with E-state index in [0.717, 1.165) is 31.4 Å². The van der Waals surface area contributed by atoms with Gasteiger partial charge in [0.25, 0.3) is 0 Å². The highest BCUT2D eigenvalue weighted by atomic mass is 35.5. The van der Waals surface area contributed by atoms with Crippen LogP contribution in [0, 0.1) is 0 Å². The van der Waals surface area contributed by atoms with Gasteiger partial charge in [-0.3, -0.25) is 11.3 Å². The lowest BCUT2D eigenvalue weighted by atomic mass is 10.00. The molecule has 1 aromatic rings. The maximum absolute atomic E-state index is 6.00. The molecule has 1 aliphatic rings. The minimum Gasteiger partial charge on any atom is -0.378 e. The van der Waals surface area contributed by atoms with Gasteiger partial charge in [-0.1, -0.05) is 29.3 Å². The summed E-state index contributed by atoms with van der Waals surface area (Å²) in [6.45, 7) is 0.851. The summed E-state index contributed by atoms with van der Waals surface area (Å²) in [6, 6.07) is 5.63. The van der Waals surface area contributed by atoms with E-state index >= 15 is 0 Å². The molecule has 1 heterocycles. The van der Waals surface area contributed by atoms with E-state index in [1.54, 1.807) is 6.07 Å². The van der Waals surface area contributed by atoms with E-state index < -0.39 is 0 Å². The summed E-state index contributed by atoms with van der Waals surface area (Å²) < 4.78 is 5.61. The summed E-state index contributed by atoms with van der Waals surface area (Å²) >= 11 is 11.9. The van der Waals surface area contributed by atoms with Crippen molar-refractivity contribution in [1.82, 2.24) is 5.43 Å². The van der Waals surface area contributed by atoms with Crippen LogP contribution in [-0.4, -0.2) is 12.7 Å². The number of rotatable bonds is 4. The lowest BCUT2D eigenvalue weighted by molar-refractivity contribution is 0.0946. The van der Waals surface area contributed by atoms with Crippen molar-refractivity contribution in [2.75, 3.05) is 6.61 Å². The van der Waals surface area contributed by atoms with Crippen molar-refractivity contribution in [3.63, 3.8) is 0 Å². The van der Waals surface area contributed by atoms with Gasteiger partial charge in [0.1, 0.15) is 0 Å². The molecule has 3 N–H and O–H groups in total. The van der Waals surface area contributed by atoms with Crippen molar-refractivity contribution in [2.24, 2.45) is 5.84 Å². The monoisotopic (exact) mass is 274 g/mol. The Morgan fingerprint density at radius 3 is 2.82 bits per heavy atom. The van der Waals surface area contributed by atoms with Gasteiger partial charge >= 0.3 is 0 Å². The number of nitrogens with two attached hydrogens (primary N) is 1. The van der Waals surface area contributed by atoms with Crippen LogP contribution in [0.2, 0.25) is 10.0 Å². The highest BCUT2D eigenvalue weighted by Gasteiger charge is 2.21. The van der Waals surface area contributed by atoms with Crippen molar-refractivity contribution < 1.29 is 4.74 Å². The Balaban J connectivity index is 2.08. The summed E-state index contributed by atoms with van der Waals surface area (Å²) in [5.74, 6) is 5.59. The molecular formula is C12H16Cl2N2O. The number of hydrogen-bond donors (Lipinski definition) is 2. The first-order valence-corrected chi connectivity index (χ1v) is 6.49. The zero-order valence-corrected chi connectivity index (χ0v) is 11.0. The Kier molecular flexibility index (Phi) is 4.65. The molecule has 1 aliphatic heterocycles. The second-order valence-corrected chi connectivity index (χ2v) is 5.08. The minimum absolute atomic E-state index is 0.0490. The molecule has 94 valence electrons. The summed E-state index contributed by atoms with van der Waals surface area (Å²) in [6.07, 6.45) is 3.36. The first kappa shape index (κ1) is 13.1. The molecule has 2 unspecified atom stereocenters. The first-order chi connectivity index (χ1) is 8.20. The average Bonchev–Trinajstić information content (AvgIpc) is 2.82. The second-order valence-electron chi connectivity index (χ2n) is 4.26. The van der Waals surface area contributed by atoms with Crippen LogP contribution in [0.1, 0.15) is 30.9 Å². The van der Waals surface area contributed by atoms with Gasteiger partial charge in [-0.2, -0.15) is 0 Å². The van der Waals surface area contributed by atoms with Gasteiger partial charge in [0.05, 0.1) is 16.1 Å². The van der Waals surface area contributed by atoms with Crippen LogP contribution in [0.5, 0.6) is 0 Å². The molecule has 17 heavy (non-hydrogen) atoms. The molecule has 0 aromatic heterocycles. The van der Waals surface area contributed by atoms with Gasteiger partial charge in [0.15, 0.2) is 0 Å². The molecule has 5 heteroatoms. The molecule has 2 atom stereocenters. The van der Waals surface area contributed by atoms with Crippen LogP contribution in [0.3, 0.4) is 0 Å². The standard InChI is InChI=1S/C12H16Cl2N2O/c13-10-4-3-8(6-11(10)14)12(16-15)7-9-2-1-5-17-9/h3-4,6,9,12,16H,1-2,5,7,15H2. The van der Waals surface area contributed by atoms with Crippen LogP contribution in [0.15, 0.2) is 18.2 Å². The number of benzene rings is 1. The number of ether oxygens (including phenoxy) is 1. The number of nitrogens with one attached hydrogen (secondary N) is 1. The predicted octanol–water partition coefficient (Wildman–Crippen LogP) is 3.07. The van der Waals surface area contributed by atoms with Gasteiger partial charge in [-0.05, 0) is 37.0 Å². The molecule has 0 radical (unpaired) electrons. The largest absolute Gasteiger partial charge is 0.378 e. The van der Waals surface area contributed by atoms with Crippen LogP contribution >= 0.6 is 23.2 Å². The Morgan fingerprint density at radius 1 is 1.41 bits per heavy atom. The molecule has 2 rings (SSSR count). The predicted molar refractivity (Wildman–Crippen MR) is 70.1 cm³/mol. The molecule has 0 saturated carbocycles. The quantitative estimate of drug-likeness (QED) is 0.655. The zero-order valence-electron chi connectivity index (χ0n) is 9.46. The lowest BCUT2D eigenvalue weighted by Crippen LogP contribution is -2.30. The van der Waals surface area contributed by atoms with Crippen molar-refractivity contribution in [3.8, 4) is 0 Å². The van der Waals surface area contributed by atoms with E-state index in [1.165, 1.54) is 0 Å². The van der Waals surface area contributed by atoms with Crippen LogP contribution < -0.4 is 11.3 Å². The molecular weight excluding hydrogens is 259 g/mol. The third kappa shape index (κ3) is 3.33. The van der Waals surface area contributed by atoms with E-state index in [9.17, 15) is 0 Å². The van der Waals surface area contributed by atoms with Gasteiger partial charge in [-0.15, -0.1) is 0 Å². The fourth-order valence-corrected chi connectivity index (χ4v) is 2.43. The van der Waals surface area contributed by atoms with Crippen molar-refractivity contribution in [3.05, 3.63) is 33.8 Å². The number of hydrogen-bond acceptors (Lipinski definition) is 3. The normalized spacial score (nSPS) is 21.7. The summed E-state index contributed by atoms with van der Waals surface area (Å²) in [4.78, 5) is 0. The smallest absolute Gasteiger partial charge is 0.0595 e. The van der Waals surface area contributed by atoms with Gasteiger partial charge in [0, 0.05) is 12.6 Å². The van der Waals surface area contributed by atoms with Crippen LogP contribution in [0.25, 0.3) is 0 Å². The van der Waals surface area contributed by atoms with E-state index in [0.29, 0.717) is 10.0 Å². The van der Waals surface area contributed by atoms with Gasteiger partial charge in [-0.25, -0.2) is 0 Å². The van der Waals surface area contributed by atoms with E-state index in [-0.39, 0.29) is 12.1 Å². The Hall–Kier alpha value is -0.320. The van der Waals surface area contributed by atoms with Gasteiger partial charge < -0.3 is 4.74 Å². The third-order valence-electron chi connectivity index (χ3n) is 3.07. The van der Waals surface area contributed by atoms with Crippen molar-refractivity contribution in [1.29, 1.82) is 0 Å². The minimum atomic E-state index is 0.0490. The fraction of sp³-hybridized carbons (Fsp3) is 0.500. The van der Waals surface area contributed by atoms with E-state index in [1.807, 2.05) is 12.1 Å². The lowest BCUT2D eigenvalue weighted by Gasteiger charge is -2.20. The molecule has 3 nitrogen and oxygen atoms in total. The topological polar surface area (TPSA) is 47.3 Å². The Bertz CT molecular complexity index is 381. The number of hydrazine groups is 1. The molecule has 1 fully saturated rings. The van der Waals surface area contributed by atoms with E-state index in [4.69, 9.17) is 33.8 Å². The molecule has 1 saturated heterocycles. The van der Waals surface area contributed by atoms with Crippen LogP contribution in [-0.2, 0) is 4.74 Å². The highest BCUT2D eigenvalue weighted by molar-refractivity contribution is 6.42. The van der Waals surface area contributed by atoms with Crippen molar-refractivity contribution >= 4 is 23.2 Å². The van der Waals surface area contributed by atoms with Crippen molar-refractivity contribution in [2.45, 2.75) is 31.4 Å². The summed E-state index contributed by atoms with van der Waals surface area (Å²) in [7, 11) is 0. The Morgan fingerprint density at radius 2 is 2.24 bits per heavy atom. The highest BCUT2D eigenvalue weighted by Crippen LogP contribution is 2.29. The number of halogens is 2. The SMILES string of the molecule is NNC(CC1CCCO1)c1ccc(Cl)c(Cl)c1. The second kappa shape index (κ2) is 6.03. The van der Waals surface area contributed by atoms with Crippen LogP contribution in [0.4, 0.5) is 0 Å². The molecule has 0 amide bonds. The maximum Gasteiger partial charge on any atom is 0.0595 e. The summed E-state index contributed by atoms with van der Waals surface area (Å²) in [5.41, 5.74) is 3.85. The molecule has 0 bridgehead atoms. The Labute approximate surface area is 111 Å². The molecule has 0 aliphatic carbocycles. The van der Waals surface area contributed by atoms with Gasteiger partial charge in [0.2, 0.25) is 0 Å². The molecule has 1 aromatic carbocycles. The van der Waals surface area contributed by atoms with E-state index in [2.05, 4.69) is 5.43 Å². The third-order valence-corrected chi connectivity index (χ3v) is 3.81. The average molecular weight is 275 g/mol.